The largest absolute Gasteiger partial charge is 0.398 e. The molecule has 5 N–H and O–H groups in total. The first kappa shape index (κ1) is 13.1. The van der Waals surface area contributed by atoms with Crippen molar-refractivity contribution in [3.63, 3.8) is 0 Å². The van der Waals surface area contributed by atoms with Crippen molar-refractivity contribution in [3.05, 3.63) is 30.0 Å². The van der Waals surface area contributed by atoms with Crippen LogP contribution in [0.15, 0.2) is 24.3 Å². The number of rotatable bonds is 1. The smallest absolute Gasteiger partial charge is 0.316 e. The van der Waals surface area contributed by atoms with Crippen molar-refractivity contribution in [3.8, 4) is 0 Å². The standard InChI is InChI=1S/C11H12N4O.ClH/c1-6-4-9(12)8-5-7(15-11(13)16)2-3-10(8)14-6;/h2-5H,1H3,(H2,12,14)(H3,13,15,16);1H. The molecule has 1 aromatic heterocycles. The van der Waals surface area contributed by atoms with Crippen molar-refractivity contribution >= 4 is 40.7 Å². The molecule has 0 saturated carbocycles. The normalized spacial score (nSPS) is 9.71. The highest BCUT2D eigenvalue weighted by molar-refractivity contribution is 5.96. The maximum absolute atomic E-state index is 10.7. The first-order chi connectivity index (χ1) is 7.56. The lowest BCUT2D eigenvalue weighted by Crippen LogP contribution is -2.19. The summed E-state index contributed by atoms with van der Waals surface area (Å²) in [6, 6.07) is 6.47. The van der Waals surface area contributed by atoms with E-state index in [0.717, 1.165) is 16.6 Å². The number of anilines is 2. The Morgan fingerprint density at radius 1 is 1.35 bits per heavy atom. The molecule has 17 heavy (non-hydrogen) atoms. The molecule has 0 radical (unpaired) electrons. The van der Waals surface area contributed by atoms with Gasteiger partial charge in [0.1, 0.15) is 0 Å². The van der Waals surface area contributed by atoms with Gasteiger partial charge in [0, 0.05) is 22.5 Å². The highest BCUT2D eigenvalue weighted by Crippen LogP contribution is 2.23. The summed E-state index contributed by atoms with van der Waals surface area (Å²) >= 11 is 0. The molecule has 5 nitrogen and oxygen atoms in total. The predicted octanol–water partition coefficient (Wildman–Crippen LogP) is 2.04. The number of carbonyl (C=O) groups excluding carboxylic acids is 1. The molecule has 1 heterocycles. The minimum Gasteiger partial charge on any atom is -0.398 e. The van der Waals surface area contributed by atoms with Gasteiger partial charge in [-0.15, -0.1) is 12.4 Å². The van der Waals surface area contributed by atoms with E-state index < -0.39 is 6.03 Å². The molecular formula is C11H13ClN4O. The molecule has 1 aromatic carbocycles. The number of nitrogens with zero attached hydrogens (tertiary/aromatic N) is 1. The topological polar surface area (TPSA) is 94.0 Å². The summed E-state index contributed by atoms with van der Waals surface area (Å²) in [5, 5.41) is 3.30. The average Bonchev–Trinajstić information content (AvgIpc) is 2.18. The van der Waals surface area contributed by atoms with Crippen LogP contribution in [0.5, 0.6) is 0 Å². The van der Waals surface area contributed by atoms with Crippen LogP contribution in [-0.2, 0) is 0 Å². The number of hydrogen-bond acceptors (Lipinski definition) is 3. The van der Waals surface area contributed by atoms with E-state index in [2.05, 4.69) is 10.3 Å². The molecule has 2 aromatic rings. The maximum atomic E-state index is 10.7. The van der Waals surface area contributed by atoms with Crippen LogP contribution in [0.1, 0.15) is 5.69 Å². The van der Waals surface area contributed by atoms with Gasteiger partial charge in [0.05, 0.1) is 5.52 Å². The van der Waals surface area contributed by atoms with Gasteiger partial charge < -0.3 is 16.8 Å². The molecule has 2 amide bonds. The van der Waals surface area contributed by atoms with Gasteiger partial charge in [0.25, 0.3) is 0 Å². The lowest BCUT2D eigenvalue weighted by Gasteiger charge is -2.06. The lowest BCUT2D eigenvalue weighted by atomic mass is 10.1. The molecule has 2 rings (SSSR count). The molecule has 0 aliphatic rings. The minimum absolute atomic E-state index is 0. The van der Waals surface area contributed by atoms with E-state index in [1.807, 2.05) is 6.92 Å². The van der Waals surface area contributed by atoms with Gasteiger partial charge in [-0.25, -0.2) is 4.79 Å². The van der Waals surface area contributed by atoms with Crippen LogP contribution in [0.4, 0.5) is 16.2 Å². The molecule has 0 bridgehead atoms. The first-order valence-electron chi connectivity index (χ1n) is 4.79. The molecule has 0 unspecified atom stereocenters. The number of pyridine rings is 1. The summed E-state index contributed by atoms with van der Waals surface area (Å²) in [6.45, 7) is 1.88. The molecule has 0 spiro atoms. The summed E-state index contributed by atoms with van der Waals surface area (Å²) in [5.41, 5.74) is 13.8. The number of amides is 2. The molecule has 0 atom stereocenters. The van der Waals surface area contributed by atoms with Gasteiger partial charge in [-0.3, -0.25) is 4.98 Å². The quantitative estimate of drug-likeness (QED) is 0.725. The zero-order valence-corrected chi connectivity index (χ0v) is 10.0. The third-order valence-corrected chi connectivity index (χ3v) is 2.24. The molecular weight excluding hydrogens is 240 g/mol. The third kappa shape index (κ3) is 2.76. The Kier molecular flexibility index (Phi) is 3.75. The summed E-state index contributed by atoms with van der Waals surface area (Å²) in [6.07, 6.45) is 0. The number of nitrogens with two attached hydrogens (primary N) is 2. The summed E-state index contributed by atoms with van der Waals surface area (Å²) in [4.78, 5) is 15.0. The number of fused-ring (bicyclic) bond motifs is 1. The fourth-order valence-electron chi connectivity index (χ4n) is 1.61. The molecule has 90 valence electrons. The van der Waals surface area contributed by atoms with E-state index in [4.69, 9.17) is 11.5 Å². The zero-order valence-electron chi connectivity index (χ0n) is 9.23. The number of aryl methyl sites for hydroxylation is 1. The molecule has 0 saturated heterocycles. The molecule has 0 aliphatic heterocycles. The van der Waals surface area contributed by atoms with E-state index in [1.165, 1.54) is 0 Å². The third-order valence-electron chi connectivity index (χ3n) is 2.24. The van der Waals surface area contributed by atoms with Gasteiger partial charge >= 0.3 is 6.03 Å². The highest BCUT2D eigenvalue weighted by atomic mass is 35.5. The van der Waals surface area contributed by atoms with Crippen LogP contribution < -0.4 is 16.8 Å². The van der Waals surface area contributed by atoms with Crippen molar-refractivity contribution < 1.29 is 4.79 Å². The monoisotopic (exact) mass is 252 g/mol. The van der Waals surface area contributed by atoms with Gasteiger partial charge in [0.2, 0.25) is 0 Å². The fourth-order valence-corrected chi connectivity index (χ4v) is 1.61. The Morgan fingerprint density at radius 3 is 2.71 bits per heavy atom. The Balaban J connectivity index is 0.00000144. The fraction of sp³-hybridized carbons (Fsp3) is 0.0909. The van der Waals surface area contributed by atoms with E-state index in [1.54, 1.807) is 24.3 Å². The van der Waals surface area contributed by atoms with Crippen LogP contribution in [0.3, 0.4) is 0 Å². The van der Waals surface area contributed by atoms with Crippen LogP contribution in [-0.4, -0.2) is 11.0 Å². The van der Waals surface area contributed by atoms with Gasteiger partial charge in [-0.1, -0.05) is 0 Å². The van der Waals surface area contributed by atoms with E-state index >= 15 is 0 Å². The van der Waals surface area contributed by atoms with Crippen molar-refractivity contribution in [1.82, 2.24) is 4.98 Å². The number of carbonyl (C=O) groups is 1. The molecule has 6 heteroatoms. The van der Waals surface area contributed by atoms with Crippen LogP contribution >= 0.6 is 12.4 Å². The lowest BCUT2D eigenvalue weighted by molar-refractivity contribution is 0.259. The SMILES string of the molecule is Cc1cc(N)c2cc(NC(N)=O)ccc2n1.Cl. The van der Waals surface area contributed by atoms with Gasteiger partial charge in [0.15, 0.2) is 0 Å². The van der Waals surface area contributed by atoms with Crippen LogP contribution in [0.2, 0.25) is 0 Å². The second-order valence-corrected chi connectivity index (χ2v) is 3.57. The highest BCUT2D eigenvalue weighted by Gasteiger charge is 2.03. The Bertz CT molecular complexity index is 571. The van der Waals surface area contributed by atoms with Crippen molar-refractivity contribution in [1.29, 1.82) is 0 Å². The summed E-state index contributed by atoms with van der Waals surface area (Å²) < 4.78 is 0. The molecule has 0 aliphatic carbocycles. The Labute approximate surface area is 105 Å². The van der Waals surface area contributed by atoms with Gasteiger partial charge in [-0.2, -0.15) is 0 Å². The van der Waals surface area contributed by atoms with Crippen molar-refractivity contribution in [2.24, 2.45) is 5.73 Å². The number of aromatic nitrogens is 1. The second-order valence-electron chi connectivity index (χ2n) is 3.57. The number of nitrogens with one attached hydrogen (secondary N) is 1. The average molecular weight is 253 g/mol. The van der Waals surface area contributed by atoms with Crippen LogP contribution in [0.25, 0.3) is 10.9 Å². The minimum atomic E-state index is -0.599. The zero-order chi connectivity index (χ0) is 11.7. The van der Waals surface area contributed by atoms with Gasteiger partial charge in [-0.05, 0) is 31.2 Å². The van der Waals surface area contributed by atoms with Crippen molar-refractivity contribution in [2.45, 2.75) is 6.92 Å². The Hall–Kier alpha value is -2.01. The van der Waals surface area contributed by atoms with Crippen LogP contribution in [0, 0.1) is 6.92 Å². The second kappa shape index (κ2) is 4.88. The first-order valence-corrected chi connectivity index (χ1v) is 4.79. The van der Waals surface area contributed by atoms with E-state index in [9.17, 15) is 4.79 Å². The van der Waals surface area contributed by atoms with E-state index in [-0.39, 0.29) is 12.4 Å². The number of benzene rings is 1. The number of primary amides is 1. The molecule has 0 fully saturated rings. The summed E-state index contributed by atoms with van der Waals surface area (Å²) in [5.74, 6) is 0. The number of nitrogen functional groups attached to an aromatic ring is 1. The van der Waals surface area contributed by atoms with E-state index in [0.29, 0.717) is 11.4 Å². The van der Waals surface area contributed by atoms with Crippen molar-refractivity contribution in [2.75, 3.05) is 11.1 Å². The maximum Gasteiger partial charge on any atom is 0.316 e. The predicted molar refractivity (Wildman–Crippen MR) is 71.3 cm³/mol. The summed E-state index contributed by atoms with van der Waals surface area (Å²) in [7, 11) is 0. The Morgan fingerprint density at radius 2 is 2.06 bits per heavy atom. The number of hydrogen-bond donors (Lipinski definition) is 3. The number of urea groups is 1. The number of halogens is 1.